The summed E-state index contributed by atoms with van der Waals surface area (Å²) in [7, 11) is 0. The summed E-state index contributed by atoms with van der Waals surface area (Å²) in [4.78, 5) is 14.8. The number of hydrogen-bond acceptors (Lipinski definition) is 4. The molecule has 5 nitrogen and oxygen atoms in total. The summed E-state index contributed by atoms with van der Waals surface area (Å²) in [5, 5.41) is 13.5. The van der Waals surface area contributed by atoms with Crippen LogP contribution >= 0.6 is 0 Å². The van der Waals surface area contributed by atoms with E-state index in [4.69, 9.17) is 0 Å². The number of aryl methyl sites for hydroxylation is 1. The van der Waals surface area contributed by atoms with Crippen molar-refractivity contribution in [1.29, 1.82) is 0 Å². The molecule has 1 aromatic carbocycles. The molecule has 1 N–H and O–H groups in total. The van der Waals surface area contributed by atoms with E-state index in [9.17, 15) is 62.6 Å². The average Bonchev–Trinajstić information content (AvgIpc) is 3.01. The predicted molar refractivity (Wildman–Crippen MR) is 92.5 cm³/mol. The van der Waals surface area contributed by atoms with Gasteiger partial charge in [-0.05, 0) is 25.1 Å². The predicted octanol–water partition coefficient (Wildman–Crippen LogP) is 5.98. The second kappa shape index (κ2) is 9.61. The van der Waals surface area contributed by atoms with Gasteiger partial charge < -0.3 is 5.11 Å². The first-order valence-corrected chi connectivity index (χ1v) is 9.00. The average molecular weight is 603 g/mol. The number of carbonyl (C=O) groups is 1. The Hall–Kier alpha value is -3.17. The first-order valence-electron chi connectivity index (χ1n) is 9.00. The van der Waals surface area contributed by atoms with Crippen LogP contribution in [0.5, 0.6) is 5.88 Å². The van der Waals surface area contributed by atoms with Gasteiger partial charge in [-0.1, -0.05) is 0 Å². The molecule has 0 bridgehead atoms. The fourth-order valence-electron chi connectivity index (χ4n) is 3.04. The topological polar surface area (TPSA) is 68.0 Å². The van der Waals surface area contributed by atoms with E-state index in [1.165, 1.54) is 0 Å². The molecular weight excluding hydrogens is 596 g/mol. The molecule has 37 heavy (non-hydrogen) atoms. The number of rotatable bonds is 3. The number of halogens is 12. The molecule has 2 aromatic heterocycles. The Morgan fingerprint density at radius 1 is 0.838 bits per heavy atom. The summed E-state index contributed by atoms with van der Waals surface area (Å²) in [5.74, 6) is -11.0. The molecule has 3 aromatic rings. The zero-order valence-corrected chi connectivity index (χ0v) is 20.6. The van der Waals surface area contributed by atoms with Crippen molar-refractivity contribution < 1.29 is 82.1 Å². The van der Waals surface area contributed by atoms with Gasteiger partial charge in [-0.2, -0.15) is 58.1 Å². The Labute approximate surface area is 209 Å². The second-order valence-electron chi connectivity index (χ2n) is 7.05. The number of aromatic nitrogens is 3. The summed E-state index contributed by atoms with van der Waals surface area (Å²) >= 11 is 0. The zero-order chi connectivity index (χ0) is 27.5. The maximum absolute atomic E-state index is 14.4. The van der Waals surface area contributed by atoms with E-state index in [0.29, 0.717) is 0 Å². The van der Waals surface area contributed by atoms with Gasteiger partial charge in [0.25, 0.3) is 5.95 Å². The molecular formula is C19H7F12N3O2Zn. The van der Waals surface area contributed by atoms with Crippen LogP contribution in [0, 0.1) is 24.5 Å². The smallest absolute Gasteiger partial charge is 0.436 e. The molecule has 3 rings (SSSR count). The molecule has 196 valence electrons. The van der Waals surface area contributed by atoms with E-state index in [1.807, 2.05) is 0 Å². The summed E-state index contributed by atoms with van der Waals surface area (Å²) in [6.45, 7) is 0.778. The van der Waals surface area contributed by atoms with Crippen molar-refractivity contribution in [2.24, 2.45) is 0 Å². The van der Waals surface area contributed by atoms with E-state index in [-0.39, 0.29) is 37.7 Å². The normalized spacial score (nSPS) is 12.5. The van der Waals surface area contributed by atoms with Crippen LogP contribution in [0.2, 0.25) is 0 Å². The molecule has 18 heteroatoms. The number of hydrogen-bond donors (Lipinski definition) is 1. The van der Waals surface area contributed by atoms with Crippen molar-refractivity contribution >= 4 is 5.78 Å². The minimum atomic E-state index is -5.67. The number of benzene rings is 1. The number of pyridine rings is 1. The van der Waals surface area contributed by atoms with Crippen LogP contribution in [0.1, 0.15) is 38.4 Å². The number of carbonyl (C=O) groups excluding carboxylic acids is 1. The number of ketones is 1. The van der Waals surface area contributed by atoms with Gasteiger partial charge in [0, 0.05) is 25.0 Å². The summed E-state index contributed by atoms with van der Waals surface area (Å²) < 4.78 is 159. The molecule has 0 fully saturated rings. The minimum absolute atomic E-state index is 0. The van der Waals surface area contributed by atoms with Crippen LogP contribution < -0.4 is 0 Å². The second-order valence-corrected chi connectivity index (χ2v) is 7.05. The zero-order valence-electron chi connectivity index (χ0n) is 17.7. The van der Waals surface area contributed by atoms with Crippen molar-refractivity contribution in [2.45, 2.75) is 25.5 Å². The van der Waals surface area contributed by atoms with E-state index in [0.717, 1.165) is 6.92 Å². The molecule has 0 aliphatic heterocycles. The van der Waals surface area contributed by atoms with Crippen molar-refractivity contribution in [3.05, 3.63) is 69.4 Å². The fraction of sp³-hybridized carbons (Fsp3) is 0.211. The molecule has 0 unspecified atom stereocenters. The first-order chi connectivity index (χ1) is 16.2. The van der Waals surface area contributed by atoms with Gasteiger partial charge in [0.1, 0.15) is 11.3 Å². The van der Waals surface area contributed by atoms with Crippen LogP contribution in [0.3, 0.4) is 0 Å². The van der Waals surface area contributed by atoms with Gasteiger partial charge in [0.15, 0.2) is 17.3 Å². The Bertz CT molecular complexity index is 1340. The summed E-state index contributed by atoms with van der Waals surface area (Å²) in [6, 6.07) is -0.359. The minimum Gasteiger partial charge on any atom is -0.493 e. The molecule has 0 amide bonds. The first kappa shape index (κ1) is 30.1. The maximum atomic E-state index is 14.4. The van der Waals surface area contributed by atoms with Crippen molar-refractivity contribution in [1.82, 2.24) is 14.8 Å². The molecule has 0 spiro atoms. The van der Waals surface area contributed by atoms with Gasteiger partial charge >= 0.3 is 18.5 Å². The summed E-state index contributed by atoms with van der Waals surface area (Å²) in [5.41, 5.74) is -11.8. The van der Waals surface area contributed by atoms with Gasteiger partial charge in [-0.25, -0.2) is 9.37 Å². The number of nitrogens with zero attached hydrogens (tertiary/aromatic N) is 3. The van der Waals surface area contributed by atoms with Crippen LogP contribution in [0.4, 0.5) is 52.7 Å². The molecule has 0 aliphatic rings. The third-order valence-electron chi connectivity index (χ3n) is 4.61. The van der Waals surface area contributed by atoms with Crippen LogP contribution in [0.25, 0.3) is 5.69 Å². The molecule has 0 saturated carbocycles. The van der Waals surface area contributed by atoms with E-state index >= 15 is 0 Å². The molecule has 0 radical (unpaired) electrons. The molecule has 0 atom stereocenters. The van der Waals surface area contributed by atoms with Gasteiger partial charge in [0.2, 0.25) is 11.7 Å². The van der Waals surface area contributed by atoms with Crippen LogP contribution in [-0.2, 0) is 38.0 Å². The number of aromatic hydroxyl groups is 1. The van der Waals surface area contributed by atoms with Crippen molar-refractivity contribution in [3.8, 4) is 11.6 Å². The SMILES string of the molecule is Cc1nn(-c2c(F)c(F)nc(C(F)(F)F)c2F)c(O)c1C(=O)c1cc(C(F)(F)F)cc(C(F)(F)F)c1.[Zn]. The number of alkyl halides is 9. The van der Waals surface area contributed by atoms with Crippen LogP contribution in [0.15, 0.2) is 18.2 Å². The van der Waals surface area contributed by atoms with Crippen LogP contribution in [-0.4, -0.2) is 25.7 Å². The largest absolute Gasteiger partial charge is 0.493 e. The fourth-order valence-corrected chi connectivity index (χ4v) is 3.04. The Morgan fingerprint density at radius 3 is 1.76 bits per heavy atom. The maximum Gasteiger partial charge on any atom is 0.436 e. The van der Waals surface area contributed by atoms with E-state index < -0.39 is 91.8 Å². The van der Waals surface area contributed by atoms with Gasteiger partial charge in [0.05, 0.1) is 16.8 Å². The van der Waals surface area contributed by atoms with Gasteiger partial charge in [-0.3, -0.25) is 4.79 Å². The summed E-state index contributed by atoms with van der Waals surface area (Å²) in [6.07, 6.45) is -16.4. The third-order valence-corrected chi connectivity index (χ3v) is 4.61. The standard InChI is InChI=1S/C19H7F12N3O2.Zn/c1-5-9(13(35)6-2-7(17(23,24)25)4-8(3-6)18(26,27)28)16(36)34(33-5)12-10(20)14(19(29,30)31)32-15(22)11(12)21;/h2-4,36H,1H3;. The third kappa shape index (κ3) is 5.57. The molecule has 0 aliphatic carbocycles. The Morgan fingerprint density at radius 2 is 1.32 bits per heavy atom. The van der Waals surface area contributed by atoms with Gasteiger partial charge in [-0.15, -0.1) is 0 Å². The Kier molecular flexibility index (Phi) is 7.81. The quantitative estimate of drug-likeness (QED) is 0.173. The monoisotopic (exact) mass is 601 g/mol. The molecule has 0 saturated heterocycles. The Balaban J connectivity index is 0.00000481. The van der Waals surface area contributed by atoms with Crippen molar-refractivity contribution in [2.75, 3.05) is 0 Å². The van der Waals surface area contributed by atoms with E-state index in [1.54, 1.807) is 0 Å². The molecule has 2 heterocycles. The van der Waals surface area contributed by atoms with Crippen molar-refractivity contribution in [3.63, 3.8) is 0 Å². The van der Waals surface area contributed by atoms with E-state index in [2.05, 4.69) is 10.1 Å².